The number of rotatable bonds is 6. The zero-order valence-corrected chi connectivity index (χ0v) is 20.9. The summed E-state index contributed by atoms with van der Waals surface area (Å²) in [6, 6.07) is 19.7. The molecule has 2 aromatic heterocycles. The fourth-order valence-electron chi connectivity index (χ4n) is 4.23. The second-order valence-corrected chi connectivity index (χ2v) is 9.17. The number of methoxy groups -OCH3 is 1. The lowest BCUT2D eigenvalue weighted by Gasteiger charge is -2.26. The van der Waals surface area contributed by atoms with Gasteiger partial charge >= 0.3 is 5.97 Å². The van der Waals surface area contributed by atoms with Crippen molar-refractivity contribution in [1.29, 1.82) is 0 Å². The maximum atomic E-state index is 13.8. The number of benzene rings is 2. The normalized spacial score (nSPS) is 15.4. The average molecular weight is 501 g/mol. The summed E-state index contributed by atoms with van der Waals surface area (Å²) in [4.78, 5) is 32.5. The standard InChI is InChI=1S/C28H24N2O5S/c1-4-34-27(32)23-24(18-9-6-5-7-10-18)29-28-30(25(23)19-11-8-12-20(15-19)33-3)26(31)22(36-28)16-21-14-13-17(2)35-21/h5-16,25H,4H2,1-3H3/b22-16+/t25-/m0/s1. The summed E-state index contributed by atoms with van der Waals surface area (Å²) in [6.45, 7) is 3.79. The number of thiazole rings is 1. The van der Waals surface area contributed by atoms with Crippen molar-refractivity contribution in [2.45, 2.75) is 19.9 Å². The van der Waals surface area contributed by atoms with E-state index in [0.29, 0.717) is 37.7 Å². The molecule has 4 aromatic rings. The molecular formula is C28H24N2O5S. The van der Waals surface area contributed by atoms with Crippen LogP contribution in [0, 0.1) is 6.92 Å². The summed E-state index contributed by atoms with van der Waals surface area (Å²) in [5.41, 5.74) is 1.97. The highest BCUT2D eigenvalue weighted by atomic mass is 32.1. The highest BCUT2D eigenvalue weighted by Gasteiger charge is 2.35. The molecular weight excluding hydrogens is 476 g/mol. The Labute approximate surface area is 211 Å². The second-order valence-electron chi connectivity index (χ2n) is 8.16. The Hall–Kier alpha value is -4.17. The van der Waals surface area contributed by atoms with Crippen molar-refractivity contribution in [3.63, 3.8) is 0 Å². The third-order valence-electron chi connectivity index (χ3n) is 5.82. The molecule has 5 rings (SSSR count). The number of furan rings is 1. The molecule has 1 atom stereocenters. The zero-order valence-electron chi connectivity index (χ0n) is 20.1. The molecule has 1 aliphatic heterocycles. The molecule has 0 N–H and O–H groups in total. The summed E-state index contributed by atoms with van der Waals surface area (Å²) in [5, 5.41) is 0. The third-order valence-corrected chi connectivity index (χ3v) is 6.80. The lowest BCUT2D eigenvalue weighted by atomic mass is 9.93. The largest absolute Gasteiger partial charge is 0.497 e. The van der Waals surface area contributed by atoms with E-state index in [1.807, 2.05) is 73.7 Å². The summed E-state index contributed by atoms with van der Waals surface area (Å²) in [6.07, 6.45) is 1.70. The Kier molecular flexibility index (Phi) is 6.43. The van der Waals surface area contributed by atoms with Crippen molar-refractivity contribution in [2.75, 3.05) is 13.7 Å². The number of fused-ring (bicyclic) bond motifs is 1. The molecule has 182 valence electrons. The van der Waals surface area contributed by atoms with Gasteiger partial charge in [-0.05, 0) is 43.7 Å². The van der Waals surface area contributed by atoms with Gasteiger partial charge in [-0.15, -0.1) is 0 Å². The zero-order chi connectivity index (χ0) is 25.2. The van der Waals surface area contributed by atoms with E-state index in [9.17, 15) is 9.59 Å². The first-order valence-corrected chi connectivity index (χ1v) is 12.3. The Morgan fingerprint density at radius 2 is 1.94 bits per heavy atom. The molecule has 7 nitrogen and oxygen atoms in total. The molecule has 8 heteroatoms. The van der Waals surface area contributed by atoms with Crippen LogP contribution in [0.15, 0.2) is 86.5 Å². The Morgan fingerprint density at radius 1 is 1.14 bits per heavy atom. The SMILES string of the molecule is CCOC(=O)C1=C(c2ccccc2)N=c2s/c(=C/c3ccc(C)o3)c(=O)n2[C@H]1c1cccc(OC)c1. The van der Waals surface area contributed by atoms with Crippen LogP contribution in [-0.4, -0.2) is 24.3 Å². The molecule has 0 radical (unpaired) electrons. The van der Waals surface area contributed by atoms with Crippen LogP contribution in [0.1, 0.15) is 35.6 Å². The molecule has 0 amide bonds. The first kappa shape index (κ1) is 23.6. The minimum Gasteiger partial charge on any atom is -0.497 e. The molecule has 1 aliphatic rings. The van der Waals surface area contributed by atoms with E-state index < -0.39 is 12.0 Å². The number of hydrogen-bond acceptors (Lipinski definition) is 7. The van der Waals surface area contributed by atoms with Gasteiger partial charge in [0, 0.05) is 11.6 Å². The van der Waals surface area contributed by atoms with Crippen LogP contribution in [0.3, 0.4) is 0 Å². The van der Waals surface area contributed by atoms with E-state index in [2.05, 4.69) is 0 Å². The van der Waals surface area contributed by atoms with E-state index in [-0.39, 0.29) is 12.2 Å². The Morgan fingerprint density at radius 3 is 2.64 bits per heavy atom. The number of aromatic nitrogens is 1. The molecule has 0 saturated carbocycles. The van der Waals surface area contributed by atoms with Crippen LogP contribution in [0.25, 0.3) is 11.8 Å². The quantitative estimate of drug-likeness (QED) is 0.376. The fourth-order valence-corrected chi connectivity index (χ4v) is 5.21. The summed E-state index contributed by atoms with van der Waals surface area (Å²) < 4.78 is 18.6. The maximum Gasteiger partial charge on any atom is 0.338 e. The van der Waals surface area contributed by atoms with Gasteiger partial charge in [0.1, 0.15) is 17.3 Å². The molecule has 0 unspecified atom stereocenters. The average Bonchev–Trinajstić information content (AvgIpc) is 3.45. The Bertz CT molecular complexity index is 1640. The van der Waals surface area contributed by atoms with Crippen LogP contribution in [0.5, 0.6) is 5.75 Å². The molecule has 36 heavy (non-hydrogen) atoms. The number of aryl methyl sites for hydroxylation is 1. The van der Waals surface area contributed by atoms with Gasteiger partial charge in [-0.3, -0.25) is 9.36 Å². The maximum absolute atomic E-state index is 13.8. The van der Waals surface area contributed by atoms with Crippen LogP contribution in [0.2, 0.25) is 0 Å². The molecule has 0 bridgehead atoms. The number of hydrogen-bond donors (Lipinski definition) is 0. The number of carbonyl (C=O) groups is 1. The van der Waals surface area contributed by atoms with Gasteiger partial charge in [0.15, 0.2) is 4.80 Å². The number of nitrogens with zero attached hydrogens (tertiary/aromatic N) is 2. The van der Waals surface area contributed by atoms with Gasteiger partial charge in [0.25, 0.3) is 5.56 Å². The topological polar surface area (TPSA) is 83.0 Å². The van der Waals surface area contributed by atoms with E-state index >= 15 is 0 Å². The predicted molar refractivity (Wildman–Crippen MR) is 137 cm³/mol. The molecule has 0 fully saturated rings. The second kappa shape index (κ2) is 9.83. The van der Waals surface area contributed by atoms with Crippen LogP contribution < -0.4 is 19.6 Å². The van der Waals surface area contributed by atoms with Crippen molar-refractivity contribution < 1.29 is 18.7 Å². The van der Waals surface area contributed by atoms with Gasteiger partial charge in [-0.25, -0.2) is 9.79 Å². The van der Waals surface area contributed by atoms with Crippen LogP contribution in [0.4, 0.5) is 0 Å². The lowest BCUT2D eigenvalue weighted by Crippen LogP contribution is -2.40. The molecule has 0 saturated heterocycles. The van der Waals surface area contributed by atoms with Gasteiger partial charge in [-0.1, -0.05) is 53.8 Å². The summed E-state index contributed by atoms with van der Waals surface area (Å²) >= 11 is 1.25. The van der Waals surface area contributed by atoms with E-state index in [0.717, 1.165) is 11.3 Å². The summed E-state index contributed by atoms with van der Waals surface area (Å²) in [7, 11) is 1.58. The lowest BCUT2D eigenvalue weighted by molar-refractivity contribution is -0.138. The number of esters is 1. The number of carbonyl (C=O) groups excluding carboxylic acids is 1. The van der Waals surface area contributed by atoms with E-state index in [1.165, 1.54) is 11.3 Å². The summed E-state index contributed by atoms with van der Waals surface area (Å²) in [5.74, 6) is 1.41. The van der Waals surface area contributed by atoms with Gasteiger partial charge < -0.3 is 13.9 Å². The third kappa shape index (κ3) is 4.31. The first-order chi connectivity index (χ1) is 17.5. The molecule has 3 heterocycles. The van der Waals surface area contributed by atoms with Gasteiger partial charge in [-0.2, -0.15) is 0 Å². The van der Waals surface area contributed by atoms with E-state index in [4.69, 9.17) is 18.9 Å². The highest BCUT2D eigenvalue weighted by Crippen LogP contribution is 2.36. The van der Waals surface area contributed by atoms with Gasteiger partial charge in [0.05, 0.1) is 35.6 Å². The minimum absolute atomic E-state index is 0.192. The van der Waals surface area contributed by atoms with E-state index in [1.54, 1.807) is 24.7 Å². The monoisotopic (exact) mass is 500 g/mol. The molecule has 0 aliphatic carbocycles. The molecule has 0 spiro atoms. The van der Waals surface area contributed by atoms with Crippen molar-refractivity contribution in [2.24, 2.45) is 4.99 Å². The Balaban J connectivity index is 1.84. The van der Waals surface area contributed by atoms with Gasteiger partial charge in [0.2, 0.25) is 0 Å². The van der Waals surface area contributed by atoms with Crippen molar-refractivity contribution >= 4 is 29.1 Å². The first-order valence-electron chi connectivity index (χ1n) is 11.5. The smallest absolute Gasteiger partial charge is 0.338 e. The minimum atomic E-state index is -0.758. The van der Waals surface area contributed by atoms with Crippen LogP contribution in [-0.2, 0) is 9.53 Å². The van der Waals surface area contributed by atoms with Crippen molar-refractivity contribution in [3.05, 3.63) is 115 Å². The molecule has 2 aromatic carbocycles. The van der Waals surface area contributed by atoms with Crippen molar-refractivity contribution in [1.82, 2.24) is 4.57 Å². The fraction of sp³-hybridized carbons (Fsp3) is 0.179. The van der Waals surface area contributed by atoms with Crippen LogP contribution >= 0.6 is 11.3 Å². The predicted octanol–water partition coefficient (Wildman–Crippen LogP) is 3.85. The highest BCUT2D eigenvalue weighted by molar-refractivity contribution is 7.07. The number of ether oxygens (including phenoxy) is 2. The van der Waals surface area contributed by atoms with Crippen molar-refractivity contribution in [3.8, 4) is 5.75 Å².